The third-order valence-corrected chi connectivity index (χ3v) is 3.41. The van der Waals surface area contributed by atoms with Crippen LogP contribution in [0.2, 0.25) is 0 Å². The van der Waals surface area contributed by atoms with Crippen molar-refractivity contribution in [1.29, 1.82) is 0 Å². The van der Waals surface area contributed by atoms with Gasteiger partial charge in [0.15, 0.2) is 6.39 Å². The van der Waals surface area contributed by atoms with E-state index >= 15 is 0 Å². The Morgan fingerprint density at radius 2 is 2.12 bits per heavy atom. The number of rotatable bonds is 6. The maximum absolute atomic E-state index is 5.51. The molecule has 0 bridgehead atoms. The lowest BCUT2D eigenvalue weighted by Gasteiger charge is -2.26. The first-order valence-corrected chi connectivity index (χ1v) is 6.57. The van der Waals surface area contributed by atoms with Crippen LogP contribution in [0.3, 0.4) is 0 Å². The highest BCUT2D eigenvalue weighted by atomic mass is 16.3. The van der Waals surface area contributed by atoms with Crippen LogP contribution in [-0.4, -0.2) is 11.5 Å². The van der Waals surface area contributed by atoms with E-state index in [2.05, 4.69) is 44.9 Å². The lowest BCUT2D eigenvalue weighted by molar-refractivity contribution is 0.247. The van der Waals surface area contributed by atoms with Crippen LogP contribution in [0.15, 0.2) is 10.8 Å². The highest BCUT2D eigenvalue weighted by Crippen LogP contribution is 2.29. The predicted octanol–water partition coefficient (Wildman–Crippen LogP) is 3.40. The van der Waals surface area contributed by atoms with Gasteiger partial charge in [-0.15, -0.1) is 0 Å². The van der Waals surface area contributed by atoms with Gasteiger partial charge in [0.2, 0.25) is 0 Å². The van der Waals surface area contributed by atoms with Gasteiger partial charge in [0.05, 0.1) is 5.69 Å². The zero-order valence-corrected chi connectivity index (χ0v) is 11.8. The van der Waals surface area contributed by atoms with Crippen LogP contribution in [0.4, 0.5) is 0 Å². The normalized spacial score (nSPS) is 13.9. The molecule has 98 valence electrons. The molecule has 0 aliphatic rings. The van der Waals surface area contributed by atoms with Gasteiger partial charge in [0, 0.05) is 13.0 Å². The summed E-state index contributed by atoms with van der Waals surface area (Å²) in [4.78, 5) is 4.29. The largest absolute Gasteiger partial charge is 0.448 e. The second-order valence-electron chi connectivity index (χ2n) is 5.87. The molecule has 17 heavy (non-hydrogen) atoms. The fraction of sp³-hybridized carbons (Fsp3) is 0.786. The minimum atomic E-state index is 0.306. The molecule has 1 aromatic heterocycles. The fourth-order valence-electron chi connectivity index (χ4n) is 1.57. The third kappa shape index (κ3) is 4.50. The average molecular weight is 238 g/mol. The van der Waals surface area contributed by atoms with E-state index in [4.69, 9.17) is 4.42 Å². The van der Waals surface area contributed by atoms with Crippen LogP contribution in [0.25, 0.3) is 0 Å². The summed E-state index contributed by atoms with van der Waals surface area (Å²) in [7, 11) is 0. The van der Waals surface area contributed by atoms with E-state index in [1.807, 2.05) is 0 Å². The van der Waals surface area contributed by atoms with Crippen LogP contribution >= 0.6 is 0 Å². The Labute approximate surface area is 105 Å². The zero-order valence-electron chi connectivity index (χ0n) is 11.8. The van der Waals surface area contributed by atoms with Gasteiger partial charge in [0.1, 0.15) is 5.76 Å². The number of hydrogen-bond donors (Lipinski definition) is 1. The number of hydrogen-bond acceptors (Lipinski definition) is 3. The monoisotopic (exact) mass is 238 g/mol. The first kappa shape index (κ1) is 14.2. The van der Waals surface area contributed by atoms with E-state index in [1.54, 1.807) is 6.39 Å². The molecule has 0 spiro atoms. The number of aromatic nitrogens is 1. The maximum Gasteiger partial charge on any atom is 0.181 e. The van der Waals surface area contributed by atoms with Gasteiger partial charge >= 0.3 is 0 Å². The molecule has 1 N–H and O–H groups in total. The topological polar surface area (TPSA) is 38.1 Å². The summed E-state index contributed by atoms with van der Waals surface area (Å²) in [5.74, 6) is 1.62. The van der Waals surface area contributed by atoms with Gasteiger partial charge in [-0.2, -0.15) is 0 Å². The number of oxazole rings is 1. The summed E-state index contributed by atoms with van der Waals surface area (Å²) in [6.45, 7) is 13.1. The Kier molecular flexibility index (Phi) is 5.19. The van der Waals surface area contributed by atoms with Crippen LogP contribution < -0.4 is 5.32 Å². The molecule has 0 radical (unpaired) electrons. The number of nitrogens with zero attached hydrogens (tertiary/aromatic N) is 1. The SMILES string of the molecule is CCCNCc1ncoc1CC(C)C(C)(C)C. The van der Waals surface area contributed by atoms with Crippen molar-refractivity contribution in [1.82, 2.24) is 10.3 Å². The van der Waals surface area contributed by atoms with Crippen LogP contribution in [0.1, 0.15) is 52.5 Å². The second kappa shape index (κ2) is 6.20. The quantitative estimate of drug-likeness (QED) is 0.772. The van der Waals surface area contributed by atoms with E-state index in [0.29, 0.717) is 11.3 Å². The van der Waals surface area contributed by atoms with Gasteiger partial charge < -0.3 is 9.73 Å². The highest BCUT2D eigenvalue weighted by Gasteiger charge is 2.22. The minimum Gasteiger partial charge on any atom is -0.448 e. The Morgan fingerprint density at radius 1 is 1.41 bits per heavy atom. The molecule has 0 saturated heterocycles. The van der Waals surface area contributed by atoms with E-state index in [1.165, 1.54) is 0 Å². The molecule has 0 amide bonds. The lowest BCUT2D eigenvalue weighted by atomic mass is 9.79. The molecular formula is C14H26N2O. The van der Waals surface area contributed by atoms with Crippen molar-refractivity contribution in [3.8, 4) is 0 Å². The molecule has 1 rings (SSSR count). The molecule has 1 aromatic rings. The van der Waals surface area contributed by atoms with Gasteiger partial charge in [-0.05, 0) is 24.3 Å². The highest BCUT2D eigenvalue weighted by molar-refractivity contribution is 5.08. The molecule has 1 atom stereocenters. The summed E-state index contributed by atoms with van der Waals surface area (Å²) in [6, 6.07) is 0. The summed E-state index contributed by atoms with van der Waals surface area (Å²) >= 11 is 0. The zero-order chi connectivity index (χ0) is 12.9. The maximum atomic E-state index is 5.51. The van der Waals surface area contributed by atoms with Crippen molar-refractivity contribution in [2.45, 2.75) is 54.0 Å². The fourth-order valence-corrected chi connectivity index (χ4v) is 1.57. The van der Waals surface area contributed by atoms with Gasteiger partial charge in [-0.3, -0.25) is 0 Å². The second-order valence-corrected chi connectivity index (χ2v) is 5.87. The Balaban J connectivity index is 2.56. The smallest absolute Gasteiger partial charge is 0.181 e. The molecule has 0 aliphatic heterocycles. The van der Waals surface area contributed by atoms with Crippen LogP contribution in [-0.2, 0) is 13.0 Å². The van der Waals surface area contributed by atoms with Crippen molar-refractivity contribution in [2.75, 3.05) is 6.54 Å². The van der Waals surface area contributed by atoms with Crippen molar-refractivity contribution in [3.63, 3.8) is 0 Å². The van der Waals surface area contributed by atoms with Gasteiger partial charge in [-0.1, -0.05) is 34.6 Å². The molecule has 1 unspecified atom stereocenters. The van der Waals surface area contributed by atoms with Crippen molar-refractivity contribution < 1.29 is 4.42 Å². The summed E-state index contributed by atoms with van der Waals surface area (Å²) < 4.78 is 5.51. The molecule has 3 nitrogen and oxygen atoms in total. The summed E-state index contributed by atoms with van der Waals surface area (Å²) in [5.41, 5.74) is 1.37. The van der Waals surface area contributed by atoms with Crippen molar-refractivity contribution >= 4 is 0 Å². The number of nitrogens with one attached hydrogen (secondary N) is 1. The molecule has 0 fully saturated rings. The molecular weight excluding hydrogens is 212 g/mol. The van der Waals surface area contributed by atoms with Gasteiger partial charge in [-0.25, -0.2) is 4.98 Å². The minimum absolute atomic E-state index is 0.306. The van der Waals surface area contributed by atoms with Crippen molar-refractivity contribution in [2.24, 2.45) is 11.3 Å². The Bertz CT molecular complexity index is 325. The Morgan fingerprint density at radius 3 is 2.71 bits per heavy atom. The molecule has 0 aliphatic carbocycles. The lowest BCUT2D eigenvalue weighted by Crippen LogP contribution is -2.21. The summed E-state index contributed by atoms with van der Waals surface area (Å²) in [6.07, 6.45) is 3.67. The van der Waals surface area contributed by atoms with Gasteiger partial charge in [0.25, 0.3) is 0 Å². The standard InChI is InChI=1S/C14H26N2O/c1-6-7-15-9-12-13(17-10-16-12)8-11(2)14(3,4)5/h10-11,15H,6-9H2,1-5H3. The summed E-state index contributed by atoms with van der Waals surface area (Å²) in [5, 5.41) is 3.37. The van der Waals surface area contributed by atoms with Crippen LogP contribution in [0, 0.1) is 11.3 Å². The van der Waals surface area contributed by atoms with Crippen molar-refractivity contribution in [3.05, 3.63) is 17.8 Å². The molecule has 0 saturated carbocycles. The van der Waals surface area contributed by atoms with Crippen LogP contribution in [0.5, 0.6) is 0 Å². The molecule has 1 heterocycles. The van der Waals surface area contributed by atoms with E-state index in [9.17, 15) is 0 Å². The van der Waals surface area contributed by atoms with E-state index in [-0.39, 0.29) is 0 Å². The predicted molar refractivity (Wildman–Crippen MR) is 70.8 cm³/mol. The molecule has 0 aromatic carbocycles. The van der Waals surface area contributed by atoms with E-state index < -0.39 is 0 Å². The average Bonchev–Trinajstić information content (AvgIpc) is 2.65. The first-order chi connectivity index (χ1) is 7.95. The Hall–Kier alpha value is -0.830. The molecule has 3 heteroatoms. The van der Waals surface area contributed by atoms with E-state index in [0.717, 1.165) is 37.4 Å². The third-order valence-electron chi connectivity index (χ3n) is 3.41. The first-order valence-electron chi connectivity index (χ1n) is 6.57.